The molecule has 1 saturated heterocycles. The molecule has 1 aromatic carbocycles. The first-order valence-electron chi connectivity index (χ1n) is 6.30. The van der Waals surface area contributed by atoms with Gasteiger partial charge in [-0.1, -0.05) is 40.1 Å². The summed E-state index contributed by atoms with van der Waals surface area (Å²) in [4.78, 5) is 0. The Morgan fingerprint density at radius 2 is 1.89 bits per heavy atom. The highest BCUT2D eigenvalue weighted by atomic mass is 33.1. The molecule has 1 aliphatic heterocycles. The van der Waals surface area contributed by atoms with E-state index in [-0.39, 0.29) is 0 Å². The number of hydrogen-bond acceptors (Lipinski definition) is 4. The molecule has 4 heteroatoms. The Hall–Kier alpha value is -0.320. The summed E-state index contributed by atoms with van der Waals surface area (Å²) in [5.41, 5.74) is 1.35. The van der Waals surface area contributed by atoms with Gasteiger partial charge in [-0.25, -0.2) is 0 Å². The third kappa shape index (κ3) is 1.95. The first-order chi connectivity index (χ1) is 8.79. The van der Waals surface area contributed by atoms with Crippen molar-refractivity contribution in [1.82, 2.24) is 0 Å². The molecule has 2 aliphatic rings. The van der Waals surface area contributed by atoms with Crippen LogP contribution >= 0.6 is 21.6 Å². The Bertz CT molecular complexity index is 414. The summed E-state index contributed by atoms with van der Waals surface area (Å²) in [6.45, 7) is 0. The van der Waals surface area contributed by atoms with Crippen LogP contribution in [0.3, 0.4) is 0 Å². The lowest BCUT2D eigenvalue weighted by molar-refractivity contribution is 0.0410. The number of hydrogen-bond donors (Lipinski definition) is 0. The zero-order valence-corrected chi connectivity index (χ0v) is 12.4. The van der Waals surface area contributed by atoms with Crippen LogP contribution in [0.1, 0.15) is 30.1 Å². The maximum atomic E-state index is 5.82. The molecule has 2 nitrogen and oxygen atoms in total. The van der Waals surface area contributed by atoms with Crippen LogP contribution < -0.4 is 4.74 Å². The standard InChI is InChI=1S/C14H18O2S2/c1-15-11-6-4-10(5-7-11)12-13(16-2)14(18-17-12)8-3-9-14/h4-7,12-13H,3,8-9H2,1-2H3. The van der Waals surface area contributed by atoms with Gasteiger partial charge in [0.05, 0.1) is 23.2 Å². The molecule has 0 radical (unpaired) electrons. The van der Waals surface area contributed by atoms with Crippen molar-refractivity contribution in [2.24, 2.45) is 0 Å². The van der Waals surface area contributed by atoms with E-state index < -0.39 is 0 Å². The SMILES string of the molecule is COc1ccc(C2SSC3(CCC3)C2OC)cc1. The predicted molar refractivity (Wildman–Crippen MR) is 78.3 cm³/mol. The Morgan fingerprint density at radius 3 is 2.39 bits per heavy atom. The van der Waals surface area contributed by atoms with Crippen molar-refractivity contribution in [3.05, 3.63) is 29.8 Å². The van der Waals surface area contributed by atoms with Crippen LogP contribution in [-0.2, 0) is 4.74 Å². The van der Waals surface area contributed by atoms with E-state index in [1.165, 1.54) is 24.8 Å². The van der Waals surface area contributed by atoms with Gasteiger partial charge in [-0.05, 0) is 30.5 Å². The molecule has 0 amide bonds. The summed E-state index contributed by atoms with van der Waals surface area (Å²) in [7, 11) is 7.57. The number of methoxy groups -OCH3 is 2. The van der Waals surface area contributed by atoms with Gasteiger partial charge in [0.2, 0.25) is 0 Å². The third-order valence-corrected chi connectivity index (χ3v) is 7.71. The molecule has 1 aromatic rings. The van der Waals surface area contributed by atoms with Gasteiger partial charge in [0.25, 0.3) is 0 Å². The van der Waals surface area contributed by atoms with Gasteiger partial charge in [-0.3, -0.25) is 0 Å². The maximum absolute atomic E-state index is 5.82. The van der Waals surface area contributed by atoms with E-state index in [1.807, 2.05) is 40.8 Å². The number of rotatable bonds is 3. The molecule has 1 heterocycles. The van der Waals surface area contributed by atoms with Crippen molar-refractivity contribution in [3.63, 3.8) is 0 Å². The minimum atomic E-state index is 0.342. The van der Waals surface area contributed by atoms with Crippen molar-refractivity contribution in [3.8, 4) is 5.75 Å². The summed E-state index contributed by atoms with van der Waals surface area (Å²) in [5.74, 6) is 0.918. The normalized spacial score (nSPS) is 29.2. The minimum Gasteiger partial charge on any atom is -0.497 e. The Balaban J connectivity index is 1.82. The van der Waals surface area contributed by atoms with Crippen molar-refractivity contribution < 1.29 is 9.47 Å². The van der Waals surface area contributed by atoms with Gasteiger partial charge >= 0.3 is 0 Å². The fourth-order valence-electron chi connectivity index (χ4n) is 2.78. The first-order valence-corrected chi connectivity index (χ1v) is 8.51. The molecule has 0 bridgehead atoms. The highest BCUT2D eigenvalue weighted by molar-refractivity contribution is 8.77. The van der Waals surface area contributed by atoms with E-state index in [2.05, 4.69) is 12.1 Å². The highest BCUT2D eigenvalue weighted by Crippen LogP contribution is 2.66. The average molecular weight is 282 g/mol. The summed E-state index contributed by atoms with van der Waals surface area (Å²) >= 11 is 0. The molecule has 1 aliphatic carbocycles. The van der Waals surface area contributed by atoms with Crippen molar-refractivity contribution in [1.29, 1.82) is 0 Å². The van der Waals surface area contributed by atoms with Crippen molar-refractivity contribution in [2.75, 3.05) is 14.2 Å². The second-order valence-electron chi connectivity index (χ2n) is 4.95. The zero-order valence-electron chi connectivity index (χ0n) is 10.7. The van der Waals surface area contributed by atoms with Crippen LogP contribution in [0.5, 0.6) is 5.75 Å². The molecule has 1 saturated carbocycles. The van der Waals surface area contributed by atoms with Crippen LogP contribution in [-0.4, -0.2) is 25.1 Å². The first kappa shape index (κ1) is 12.7. The molecular formula is C14H18O2S2. The van der Waals surface area contributed by atoms with Gasteiger partial charge in [-0.2, -0.15) is 0 Å². The second-order valence-corrected chi connectivity index (χ2v) is 7.71. The lowest BCUT2D eigenvalue weighted by Crippen LogP contribution is -2.44. The van der Waals surface area contributed by atoms with Gasteiger partial charge in [0.15, 0.2) is 0 Å². The van der Waals surface area contributed by atoms with Crippen molar-refractivity contribution >= 4 is 21.6 Å². The number of benzene rings is 1. The van der Waals surface area contributed by atoms with Crippen LogP contribution in [0.15, 0.2) is 24.3 Å². The van der Waals surface area contributed by atoms with E-state index in [0.717, 1.165) is 5.75 Å². The molecule has 2 fully saturated rings. The van der Waals surface area contributed by atoms with Gasteiger partial charge in [0.1, 0.15) is 5.75 Å². The molecule has 2 unspecified atom stereocenters. The second kappa shape index (κ2) is 4.99. The van der Waals surface area contributed by atoms with E-state index in [4.69, 9.17) is 9.47 Å². The molecule has 98 valence electrons. The summed E-state index contributed by atoms with van der Waals surface area (Å²) in [6.07, 6.45) is 4.30. The van der Waals surface area contributed by atoms with Crippen LogP contribution in [0.2, 0.25) is 0 Å². The Labute approximate surface area is 116 Å². The quantitative estimate of drug-likeness (QED) is 0.778. The Kier molecular flexibility index (Phi) is 3.52. The van der Waals surface area contributed by atoms with Crippen molar-refractivity contribution in [2.45, 2.75) is 35.4 Å². The van der Waals surface area contributed by atoms with E-state index in [0.29, 0.717) is 16.1 Å². The molecular weight excluding hydrogens is 264 g/mol. The zero-order chi connectivity index (χ0) is 12.6. The van der Waals surface area contributed by atoms with Crippen LogP contribution in [0.4, 0.5) is 0 Å². The Morgan fingerprint density at radius 1 is 1.17 bits per heavy atom. The molecule has 18 heavy (non-hydrogen) atoms. The predicted octanol–water partition coefficient (Wildman–Crippen LogP) is 4.07. The summed E-state index contributed by atoms with van der Waals surface area (Å²) < 4.78 is 11.4. The van der Waals surface area contributed by atoms with E-state index >= 15 is 0 Å². The highest BCUT2D eigenvalue weighted by Gasteiger charge is 2.54. The van der Waals surface area contributed by atoms with Crippen LogP contribution in [0, 0.1) is 0 Å². The van der Waals surface area contributed by atoms with Gasteiger partial charge in [0, 0.05) is 7.11 Å². The maximum Gasteiger partial charge on any atom is 0.118 e. The monoisotopic (exact) mass is 282 g/mol. The van der Waals surface area contributed by atoms with E-state index in [1.54, 1.807) is 7.11 Å². The lowest BCUT2D eigenvalue weighted by atomic mass is 9.77. The third-order valence-electron chi connectivity index (χ3n) is 4.01. The van der Waals surface area contributed by atoms with Crippen LogP contribution in [0.25, 0.3) is 0 Å². The molecule has 3 rings (SSSR count). The van der Waals surface area contributed by atoms with E-state index in [9.17, 15) is 0 Å². The fraction of sp³-hybridized carbons (Fsp3) is 0.571. The number of ether oxygens (including phenoxy) is 2. The molecule has 1 spiro atoms. The smallest absolute Gasteiger partial charge is 0.118 e. The average Bonchev–Trinajstić information content (AvgIpc) is 2.78. The molecule has 0 aromatic heterocycles. The van der Waals surface area contributed by atoms with Gasteiger partial charge < -0.3 is 9.47 Å². The van der Waals surface area contributed by atoms with Gasteiger partial charge in [-0.15, -0.1) is 0 Å². The molecule has 2 atom stereocenters. The lowest BCUT2D eigenvalue weighted by Gasteiger charge is -2.41. The summed E-state index contributed by atoms with van der Waals surface area (Å²) in [6, 6.07) is 8.42. The molecule has 0 N–H and O–H groups in total. The fourth-order valence-corrected chi connectivity index (χ4v) is 6.99. The largest absolute Gasteiger partial charge is 0.497 e. The minimum absolute atomic E-state index is 0.342. The topological polar surface area (TPSA) is 18.5 Å². The summed E-state index contributed by atoms with van der Waals surface area (Å²) in [5, 5.41) is 0.450.